The smallest absolute Gasteiger partial charge is 0.0940 e. The van der Waals surface area contributed by atoms with E-state index in [-0.39, 0.29) is 18.4 Å². The molecule has 0 amide bonds. The number of hydrogen-bond donors (Lipinski definition) is 2. The van der Waals surface area contributed by atoms with E-state index < -0.39 is 6.10 Å². The zero-order valence-corrected chi connectivity index (χ0v) is 15.0. The average molecular weight is 344 g/mol. The van der Waals surface area contributed by atoms with E-state index in [2.05, 4.69) is 23.5 Å². The lowest BCUT2D eigenvalue weighted by Crippen LogP contribution is -2.33. The van der Waals surface area contributed by atoms with E-state index >= 15 is 0 Å². The molecule has 4 nitrogen and oxygen atoms in total. The Kier molecular flexibility index (Phi) is 9.75. The SMILES string of the molecule is COCCOCCCNC(C)C(O)c1ccc2c(c1)CCC2.Cl. The topological polar surface area (TPSA) is 50.7 Å². The third-order valence-corrected chi connectivity index (χ3v) is 4.30. The van der Waals surface area contributed by atoms with Crippen molar-refractivity contribution >= 4 is 12.4 Å². The number of nitrogens with one attached hydrogen (secondary N) is 1. The number of rotatable bonds is 10. The van der Waals surface area contributed by atoms with Crippen molar-refractivity contribution in [1.29, 1.82) is 0 Å². The van der Waals surface area contributed by atoms with Crippen molar-refractivity contribution in [2.24, 2.45) is 0 Å². The maximum Gasteiger partial charge on any atom is 0.0940 e. The summed E-state index contributed by atoms with van der Waals surface area (Å²) in [6, 6.07) is 6.47. The zero-order valence-electron chi connectivity index (χ0n) is 14.2. The van der Waals surface area contributed by atoms with E-state index in [1.807, 2.05) is 6.92 Å². The van der Waals surface area contributed by atoms with E-state index in [1.165, 1.54) is 24.0 Å². The molecule has 2 rings (SSSR count). The second-order valence-corrected chi connectivity index (χ2v) is 6.03. The molecular weight excluding hydrogens is 314 g/mol. The molecule has 0 spiro atoms. The number of methoxy groups -OCH3 is 1. The molecular formula is C18H30ClNO3. The van der Waals surface area contributed by atoms with Crippen LogP contribution in [0.1, 0.15) is 42.6 Å². The van der Waals surface area contributed by atoms with Crippen molar-refractivity contribution < 1.29 is 14.6 Å². The number of aliphatic hydroxyl groups excluding tert-OH is 1. The Hall–Kier alpha value is -0.650. The van der Waals surface area contributed by atoms with Gasteiger partial charge in [0.25, 0.3) is 0 Å². The van der Waals surface area contributed by atoms with Crippen LogP contribution in [0, 0.1) is 0 Å². The van der Waals surface area contributed by atoms with E-state index in [0.29, 0.717) is 13.2 Å². The van der Waals surface area contributed by atoms with Crippen LogP contribution in [0.2, 0.25) is 0 Å². The summed E-state index contributed by atoms with van der Waals surface area (Å²) in [5.74, 6) is 0. The van der Waals surface area contributed by atoms with Crippen LogP contribution in [0.25, 0.3) is 0 Å². The minimum absolute atomic E-state index is 0. The Morgan fingerprint density at radius 3 is 2.74 bits per heavy atom. The first-order valence-corrected chi connectivity index (χ1v) is 8.32. The lowest BCUT2D eigenvalue weighted by Gasteiger charge is -2.21. The van der Waals surface area contributed by atoms with Crippen molar-refractivity contribution in [3.05, 3.63) is 34.9 Å². The lowest BCUT2D eigenvalue weighted by molar-refractivity contribution is 0.0681. The van der Waals surface area contributed by atoms with Crippen LogP contribution in [0.3, 0.4) is 0 Å². The number of hydrogen-bond acceptors (Lipinski definition) is 4. The number of fused-ring (bicyclic) bond motifs is 1. The molecule has 0 fully saturated rings. The van der Waals surface area contributed by atoms with E-state index in [9.17, 15) is 5.11 Å². The lowest BCUT2D eigenvalue weighted by atomic mass is 9.99. The van der Waals surface area contributed by atoms with Crippen molar-refractivity contribution in [2.75, 3.05) is 33.5 Å². The summed E-state index contributed by atoms with van der Waals surface area (Å²) in [5, 5.41) is 13.9. The second kappa shape index (κ2) is 11.0. The maximum atomic E-state index is 10.5. The predicted octanol–water partition coefficient (Wildman–Crippen LogP) is 2.66. The highest BCUT2D eigenvalue weighted by Crippen LogP contribution is 2.26. The van der Waals surface area contributed by atoms with Gasteiger partial charge in [-0.15, -0.1) is 12.4 Å². The van der Waals surface area contributed by atoms with Crippen LogP contribution in [-0.4, -0.2) is 44.6 Å². The highest BCUT2D eigenvalue weighted by molar-refractivity contribution is 5.85. The maximum absolute atomic E-state index is 10.5. The van der Waals surface area contributed by atoms with Crippen LogP contribution in [-0.2, 0) is 22.3 Å². The molecule has 5 heteroatoms. The van der Waals surface area contributed by atoms with Gasteiger partial charge in [0, 0.05) is 19.8 Å². The molecule has 23 heavy (non-hydrogen) atoms. The van der Waals surface area contributed by atoms with Gasteiger partial charge in [-0.25, -0.2) is 0 Å². The third-order valence-electron chi connectivity index (χ3n) is 4.30. The van der Waals surface area contributed by atoms with Gasteiger partial charge >= 0.3 is 0 Å². The van der Waals surface area contributed by atoms with Crippen molar-refractivity contribution in [1.82, 2.24) is 5.32 Å². The van der Waals surface area contributed by atoms with E-state index in [4.69, 9.17) is 9.47 Å². The second-order valence-electron chi connectivity index (χ2n) is 6.03. The molecule has 0 aromatic heterocycles. The molecule has 2 unspecified atom stereocenters. The molecule has 0 saturated heterocycles. The normalized spacial score (nSPS) is 15.8. The molecule has 0 aliphatic heterocycles. The molecule has 2 N–H and O–H groups in total. The first-order valence-electron chi connectivity index (χ1n) is 8.32. The van der Waals surface area contributed by atoms with Crippen LogP contribution in [0.5, 0.6) is 0 Å². The summed E-state index contributed by atoms with van der Waals surface area (Å²) in [7, 11) is 1.67. The Labute approximate surface area is 146 Å². The fourth-order valence-electron chi connectivity index (χ4n) is 2.92. The van der Waals surface area contributed by atoms with Gasteiger partial charge < -0.3 is 19.9 Å². The molecule has 1 aliphatic carbocycles. The largest absolute Gasteiger partial charge is 0.387 e. The molecule has 2 atom stereocenters. The number of benzene rings is 1. The molecule has 1 aliphatic rings. The van der Waals surface area contributed by atoms with Gasteiger partial charge in [0.05, 0.1) is 19.3 Å². The van der Waals surface area contributed by atoms with E-state index in [0.717, 1.165) is 31.6 Å². The first kappa shape index (κ1) is 20.4. The van der Waals surface area contributed by atoms with Crippen molar-refractivity contribution in [2.45, 2.75) is 44.8 Å². The number of aryl methyl sites for hydroxylation is 2. The molecule has 0 saturated carbocycles. The Morgan fingerprint density at radius 2 is 1.96 bits per heavy atom. The Morgan fingerprint density at radius 1 is 1.17 bits per heavy atom. The number of ether oxygens (including phenoxy) is 2. The van der Waals surface area contributed by atoms with Gasteiger partial charge in [-0.05, 0) is 55.8 Å². The fourth-order valence-corrected chi connectivity index (χ4v) is 2.92. The third kappa shape index (κ3) is 6.40. The minimum atomic E-state index is -0.458. The highest BCUT2D eigenvalue weighted by atomic mass is 35.5. The average Bonchev–Trinajstić information content (AvgIpc) is 3.00. The van der Waals surface area contributed by atoms with E-state index in [1.54, 1.807) is 7.11 Å². The molecule has 1 aromatic carbocycles. The minimum Gasteiger partial charge on any atom is -0.387 e. The van der Waals surface area contributed by atoms with Gasteiger partial charge in [-0.2, -0.15) is 0 Å². The summed E-state index contributed by atoms with van der Waals surface area (Å²) in [6.07, 6.45) is 4.05. The summed E-state index contributed by atoms with van der Waals surface area (Å²) >= 11 is 0. The van der Waals surface area contributed by atoms with Crippen LogP contribution in [0.15, 0.2) is 18.2 Å². The first-order chi connectivity index (χ1) is 10.7. The monoisotopic (exact) mass is 343 g/mol. The molecule has 1 aromatic rings. The number of aliphatic hydroxyl groups is 1. The zero-order chi connectivity index (χ0) is 15.8. The summed E-state index contributed by atoms with van der Waals surface area (Å²) in [4.78, 5) is 0. The van der Waals surface area contributed by atoms with Gasteiger partial charge in [-0.1, -0.05) is 18.2 Å². The fraction of sp³-hybridized carbons (Fsp3) is 0.667. The van der Waals surface area contributed by atoms with Gasteiger partial charge in [0.15, 0.2) is 0 Å². The summed E-state index contributed by atoms with van der Waals surface area (Å²) < 4.78 is 10.3. The number of halogens is 1. The summed E-state index contributed by atoms with van der Waals surface area (Å²) in [5.41, 5.74) is 3.89. The Bertz CT molecular complexity index is 456. The quantitative estimate of drug-likeness (QED) is 0.641. The van der Waals surface area contributed by atoms with Crippen molar-refractivity contribution in [3.8, 4) is 0 Å². The van der Waals surface area contributed by atoms with Gasteiger partial charge in [0.1, 0.15) is 0 Å². The molecule has 132 valence electrons. The molecule has 0 radical (unpaired) electrons. The summed E-state index contributed by atoms with van der Waals surface area (Å²) in [6.45, 7) is 4.88. The van der Waals surface area contributed by atoms with Gasteiger partial charge in [0.2, 0.25) is 0 Å². The van der Waals surface area contributed by atoms with Crippen LogP contribution < -0.4 is 5.32 Å². The Balaban J connectivity index is 0.00000264. The van der Waals surface area contributed by atoms with Crippen LogP contribution in [0.4, 0.5) is 0 Å². The highest BCUT2D eigenvalue weighted by Gasteiger charge is 2.18. The molecule has 0 bridgehead atoms. The standard InChI is InChI=1S/C18H29NO3.ClH/c1-14(19-9-4-10-22-12-11-21-2)18(20)17-8-7-15-5-3-6-16(15)13-17;/h7-8,13-14,18-20H,3-6,9-12H2,1-2H3;1H. The van der Waals surface area contributed by atoms with Crippen molar-refractivity contribution in [3.63, 3.8) is 0 Å². The molecule has 0 heterocycles. The van der Waals surface area contributed by atoms with Gasteiger partial charge in [-0.3, -0.25) is 0 Å². The predicted molar refractivity (Wildman–Crippen MR) is 95.5 cm³/mol. The van der Waals surface area contributed by atoms with Crippen LogP contribution >= 0.6 is 12.4 Å².